The van der Waals surface area contributed by atoms with Crippen molar-refractivity contribution in [3.63, 3.8) is 0 Å². The predicted octanol–water partition coefficient (Wildman–Crippen LogP) is 2.35. The zero-order valence-electron chi connectivity index (χ0n) is 38.2. The maximum atomic E-state index is 12.7. The van der Waals surface area contributed by atoms with Gasteiger partial charge in [0, 0.05) is 42.6 Å². The van der Waals surface area contributed by atoms with E-state index in [2.05, 4.69) is 87.8 Å². The molecule has 0 aromatic heterocycles. The highest BCUT2D eigenvalue weighted by Gasteiger charge is 2.55. The molecular weight excluding hydrogens is 1150 g/mol. The molecule has 0 aromatic rings. The van der Waals surface area contributed by atoms with Gasteiger partial charge in [-0.15, -0.1) is 45.3 Å². The number of esters is 3. The molecule has 0 radical (unpaired) electrons. The molecule has 4 heterocycles. The number of amides is 4. The van der Waals surface area contributed by atoms with Crippen molar-refractivity contribution >= 4 is 115 Å². The lowest BCUT2D eigenvalue weighted by atomic mass is 10.0. The standard InChI is InChI=1S/C20H28N2O9S.C18H25IN2O7S.C3H9ISi/c1-4-5-30-20(26)17-14(10-31-13(2)23)12-32-19-16(18(25)22(17)19)21-15(24)11-29-9-8-28-7-6-27-3;1-3-4-28-18(24)15-12(9-19)11-29-17-14(16(23)21(15)17)20-13(22)10-27-8-7-26-6-5-25-2;1-5(2,3)4/h4,16,19H,1,5-12H2,2-3H3,(H,21,24);3,14,17H,1,4-11H2,2H3,(H,20,22);1-3H3/t16-,19?;14-,17?;/m11./s1. The maximum Gasteiger partial charge on any atom is 0.355 e. The molecule has 25 heteroatoms. The van der Waals surface area contributed by atoms with E-state index in [1.165, 1.54) is 52.4 Å². The summed E-state index contributed by atoms with van der Waals surface area (Å²) in [6, 6.07) is -1.49. The fourth-order valence-corrected chi connectivity index (χ4v) is 9.31. The topological polar surface area (TPSA) is 233 Å². The minimum atomic E-state index is -0.800. The van der Waals surface area contributed by atoms with Crippen LogP contribution >= 0.6 is 67.9 Å². The van der Waals surface area contributed by atoms with E-state index in [1.54, 1.807) is 14.2 Å². The van der Waals surface area contributed by atoms with Gasteiger partial charge in [0.15, 0.2) is 0 Å². The second kappa shape index (κ2) is 32.2. The molecule has 4 atom stereocenters. The van der Waals surface area contributed by atoms with Gasteiger partial charge in [-0.2, -0.15) is 0 Å². The number of carbonyl (C=O) groups excluding carboxylic acids is 7. The average molecular weight is 1210 g/mol. The Morgan fingerprint density at radius 3 is 1.44 bits per heavy atom. The third kappa shape index (κ3) is 20.5. The molecule has 0 aliphatic carbocycles. The number of β-lactam (4-membered cyclic amide) rings is 2. The Labute approximate surface area is 422 Å². The van der Waals surface area contributed by atoms with Gasteiger partial charge in [0.2, 0.25) is 11.8 Å². The molecule has 0 bridgehead atoms. The summed E-state index contributed by atoms with van der Waals surface area (Å²) in [7, 11) is 3.16. The molecule has 4 aliphatic rings. The van der Waals surface area contributed by atoms with E-state index in [-0.39, 0.29) is 74.8 Å². The number of thioether (sulfide) groups is 2. The summed E-state index contributed by atoms with van der Waals surface area (Å²) in [5.74, 6) is -2.46. The first-order valence-electron chi connectivity index (χ1n) is 20.6. The lowest BCUT2D eigenvalue weighted by Crippen LogP contribution is -2.71. The van der Waals surface area contributed by atoms with Gasteiger partial charge in [0.1, 0.15) is 72.8 Å². The number of hydrogen-bond donors (Lipinski definition) is 2. The van der Waals surface area contributed by atoms with Crippen molar-refractivity contribution in [3.8, 4) is 0 Å². The molecule has 66 heavy (non-hydrogen) atoms. The molecule has 0 saturated carbocycles. The third-order valence-corrected chi connectivity index (χ3v) is 12.1. The number of carbonyl (C=O) groups is 7. The molecule has 2 N–H and O–H groups in total. The molecule has 2 saturated heterocycles. The molecule has 20 nitrogen and oxygen atoms in total. The van der Waals surface area contributed by atoms with E-state index in [1.807, 2.05) is 0 Å². The van der Waals surface area contributed by atoms with Gasteiger partial charge in [-0.3, -0.25) is 33.8 Å². The zero-order valence-corrected chi connectivity index (χ0v) is 45.1. The van der Waals surface area contributed by atoms with Crippen LogP contribution in [0.15, 0.2) is 47.9 Å². The van der Waals surface area contributed by atoms with E-state index in [4.69, 9.17) is 42.6 Å². The second-order valence-corrected chi connectivity index (χ2v) is 31.7. The monoisotopic (exact) mass is 1210 g/mol. The SMILES string of the molecule is C=CCOC(=O)C1=C(CI)CSC2[C@H](NC(=O)COCCOCCOC)C(=O)N12.C=CCOC(=O)C1=C(COC(C)=O)CSC2[C@H](NC(=O)COCCOCCOC)C(=O)N12.C[Si](C)(C)I. The first kappa shape index (κ1) is 59.5. The lowest BCUT2D eigenvalue weighted by Gasteiger charge is -2.49. The van der Waals surface area contributed by atoms with Crippen LogP contribution in [0.2, 0.25) is 19.6 Å². The van der Waals surface area contributed by atoms with Crippen LogP contribution in [0.4, 0.5) is 0 Å². The van der Waals surface area contributed by atoms with Crippen molar-refractivity contribution in [3.05, 3.63) is 47.9 Å². The van der Waals surface area contributed by atoms with Crippen LogP contribution in [-0.2, 0) is 76.2 Å². The van der Waals surface area contributed by atoms with Crippen molar-refractivity contribution in [2.45, 2.75) is 49.4 Å². The average Bonchev–Trinajstić information content (AvgIpc) is 3.28. The first-order chi connectivity index (χ1) is 31.4. The molecule has 4 aliphatic heterocycles. The molecule has 0 aromatic carbocycles. The maximum absolute atomic E-state index is 12.7. The smallest absolute Gasteiger partial charge is 0.355 e. The van der Waals surface area contributed by atoms with Gasteiger partial charge < -0.3 is 53.3 Å². The molecular formula is C41H62I2N4O16S2Si. The van der Waals surface area contributed by atoms with E-state index < -0.39 is 52.8 Å². The minimum Gasteiger partial charge on any atom is -0.461 e. The highest BCUT2D eigenvalue weighted by molar-refractivity contribution is 14.1. The summed E-state index contributed by atoms with van der Waals surface area (Å²) in [6.45, 7) is 17.7. The van der Waals surface area contributed by atoms with E-state index in [9.17, 15) is 33.6 Å². The zero-order chi connectivity index (χ0) is 49.2. The van der Waals surface area contributed by atoms with Gasteiger partial charge in [-0.25, -0.2) is 9.59 Å². The van der Waals surface area contributed by atoms with Gasteiger partial charge >= 0.3 is 17.9 Å². The Morgan fingerprint density at radius 1 is 0.682 bits per heavy atom. The summed E-state index contributed by atoms with van der Waals surface area (Å²) in [5.41, 5.74) is 0.987. The number of nitrogens with zero attached hydrogens (tertiary/aromatic N) is 2. The predicted molar refractivity (Wildman–Crippen MR) is 266 cm³/mol. The van der Waals surface area contributed by atoms with Crippen LogP contribution in [0.5, 0.6) is 0 Å². The number of halogens is 2. The Balaban J connectivity index is 0.000000412. The summed E-state index contributed by atoms with van der Waals surface area (Å²) in [6.07, 6.45) is 2.88. The van der Waals surface area contributed by atoms with Crippen molar-refractivity contribution in [1.82, 2.24) is 20.4 Å². The summed E-state index contributed by atoms with van der Waals surface area (Å²) < 4.78 is 46.5. The van der Waals surface area contributed by atoms with Gasteiger partial charge in [0.25, 0.3) is 11.8 Å². The number of rotatable bonds is 27. The fraction of sp³-hybridized carbons (Fsp3) is 0.634. The van der Waals surface area contributed by atoms with E-state index >= 15 is 0 Å². The number of ether oxygens (including phenoxy) is 9. The minimum absolute atomic E-state index is 0.0320. The number of hydrogen-bond acceptors (Lipinski definition) is 18. The molecule has 372 valence electrons. The molecule has 0 spiro atoms. The van der Waals surface area contributed by atoms with Gasteiger partial charge in [-0.1, -0.05) is 67.5 Å². The van der Waals surface area contributed by atoms with Crippen LogP contribution in [-0.4, -0.2) is 196 Å². The first-order valence-corrected chi connectivity index (χ1v) is 30.8. The van der Waals surface area contributed by atoms with Crippen molar-refractivity contribution in [2.24, 2.45) is 0 Å². The second-order valence-electron chi connectivity index (χ2n) is 14.9. The van der Waals surface area contributed by atoms with Crippen LogP contribution in [0.25, 0.3) is 0 Å². The number of fused-ring (bicyclic) bond motifs is 2. The van der Waals surface area contributed by atoms with Crippen LogP contribution in [0, 0.1) is 0 Å². The number of nitrogens with one attached hydrogen (secondary N) is 2. The van der Waals surface area contributed by atoms with E-state index in [0.29, 0.717) is 61.1 Å². The molecule has 2 fully saturated rings. The quantitative estimate of drug-likeness (QED) is 0.0138. The highest BCUT2D eigenvalue weighted by atomic mass is 127. The normalized spacial score (nSPS) is 19.6. The Kier molecular flexibility index (Phi) is 29.1. The Morgan fingerprint density at radius 2 is 1.06 bits per heavy atom. The molecule has 4 amide bonds. The summed E-state index contributed by atoms with van der Waals surface area (Å²) in [5, 5.41) is 4.51. The van der Waals surface area contributed by atoms with Crippen molar-refractivity contribution < 1.29 is 76.2 Å². The van der Waals surface area contributed by atoms with Crippen molar-refractivity contribution in [1.29, 1.82) is 0 Å². The Hall–Kier alpha value is -2.61. The van der Waals surface area contributed by atoms with Crippen LogP contribution in [0.3, 0.4) is 0 Å². The van der Waals surface area contributed by atoms with Crippen LogP contribution < -0.4 is 10.6 Å². The summed E-state index contributed by atoms with van der Waals surface area (Å²) >= 11 is 7.53. The van der Waals surface area contributed by atoms with Crippen molar-refractivity contribution in [2.75, 3.05) is 116 Å². The highest BCUT2D eigenvalue weighted by Crippen LogP contribution is 2.42. The Bertz CT molecular complexity index is 1750. The number of methoxy groups -OCH3 is 2. The van der Waals surface area contributed by atoms with Crippen LogP contribution in [0.1, 0.15) is 6.92 Å². The van der Waals surface area contributed by atoms with Gasteiger partial charge in [0.05, 0.1) is 52.9 Å². The lowest BCUT2D eigenvalue weighted by molar-refractivity contribution is -0.153. The van der Waals surface area contributed by atoms with E-state index in [0.717, 1.165) is 5.57 Å². The number of alkyl halides is 1. The molecule has 4 rings (SSSR count). The third-order valence-electron chi connectivity index (χ3n) is 8.46. The largest absolute Gasteiger partial charge is 0.461 e. The molecule has 2 unspecified atom stereocenters. The summed E-state index contributed by atoms with van der Waals surface area (Å²) in [4.78, 5) is 88.4. The van der Waals surface area contributed by atoms with Gasteiger partial charge in [-0.05, 0) is 5.57 Å². The fourth-order valence-electron chi connectivity index (χ4n) is 5.64.